The van der Waals surface area contributed by atoms with Crippen LogP contribution in [0.3, 0.4) is 0 Å². The van der Waals surface area contributed by atoms with Crippen LogP contribution in [-0.2, 0) is 14.4 Å². The van der Waals surface area contributed by atoms with Gasteiger partial charge in [0.15, 0.2) is 0 Å². The highest BCUT2D eigenvalue weighted by molar-refractivity contribution is 6.00. The average Bonchev–Trinajstić information content (AvgIpc) is 2.51. The molecular formula is C7H8N2O4. The zero-order valence-electron chi connectivity index (χ0n) is 6.74. The summed E-state index contributed by atoms with van der Waals surface area (Å²) in [7, 11) is 0. The normalized spacial score (nSPS) is 31.8. The highest BCUT2D eigenvalue weighted by atomic mass is 16.4. The van der Waals surface area contributed by atoms with Gasteiger partial charge in [-0.3, -0.25) is 9.59 Å². The number of carbonyl (C=O) groups excluding carboxylic acids is 2. The summed E-state index contributed by atoms with van der Waals surface area (Å²) in [6, 6.07) is 0. The van der Waals surface area contributed by atoms with Crippen molar-refractivity contribution >= 4 is 17.8 Å². The van der Waals surface area contributed by atoms with Crippen molar-refractivity contribution in [3.05, 3.63) is 0 Å². The molecule has 2 saturated heterocycles. The Morgan fingerprint density at radius 1 is 1.54 bits per heavy atom. The van der Waals surface area contributed by atoms with Crippen LogP contribution >= 0.6 is 0 Å². The first kappa shape index (κ1) is 8.03. The summed E-state index contributed by atoms with van der Waals surface area (Å²) >= 11 is 0. The third kappa shape index (κ3) is 0.851. The highest BCUT2D eigenvalue weighted by Crippen LogP contribution is 2.31. The molecule has 13 heavy (non-hydrogen) atoms. The van der Waals surface area contributed by atoms with Gasteiger partial charge in [0, 0.05) is 12.8 Å². The van der Waals surface area contributed by atoms with Gasteiger partial charge in [0.25, 0.3) is 0 Å². The van der Waals surface area contributed by atoms with Crippen LogP contribution in [0.5, 0.6) is 0 Å². The summed E-state index contributed by atoms with van der Waals surface area (Å²) in [6.07, 6.45) is 0.347. The maximum absolute atomic E-state index is 11.2. The Morgan fingerprint density at radius 3 is 2.77 bits per heavy atom. The lowest BCUT2D eigenvalue weighted by molar-refractivity contribution is -0.153. The van der Waals surface area contributed by atoms with Gasteiger partial charge in [-0.05, 0) is 0 Å². The summed E-state index contributed by atoms with van der Waals surface area (Å²) in [6.45, 7) is -0.134. The second kappa shape index (κ2) is 2.21. The first-order valence-electron chi connectivity index (χ1n) is 3.91. The molecule has 0 unspecified atom stereocenters. The number of nitrogens with one attached hydrogen (secondary N) is 1. The van der Waals surface area contributed by atoms with E-state index in [-0.39, 0.29) is 25.3 Å². The van der Waals surface area contributed by atoms with Gasteiger partial charge in [0.1, 0.15) is 6.54 Å². The molecular weight excluding hydrogens is 176 g/mol. The number of hydrogen-bond donors (Lipinski definition) is 2. The second-order valence-electron chi connectivity index (χ2n) is 3.19. The number of carboxylic acids is 1. The average molecular weight is 184 g/mol. The summed E-state index contributed by atoms with van der Waals surface area (Å²) < 4.78 is 0. The van der Waals surface area contributed by atoms with Gasteiger partial charge in [0.05, 0.1) is 0 Å². The lowest BCUT2D eigenvalue weighted by Gasteiger charge is -2.25. The molecule has 0 radical (unpaired) electrons. The van der Waals surface area contributed by atoms with Crippen LogP contribution in [0.15, 0.2) is 0 Å². The van der Waals surface area contributed by atoms with Crippen LogP contribution in [0.2, 0.25) is 0 Å². The summed E-state index contributed by atoms with van der Waals surface area (Å²) in [5.74, 6) is -1.85. The van der Waals surface area contributed by atoms with E-state index in [1.165, 1.54) is 0 Å². The Morgan fingerprint density at radius 2 is 2.23 bits per heavy atom. The van der Waals surface area contributed by atoms with Crippen molar-refractivity contribution in [3.8, 4) is 0 Å². The number of aliphatic carboxylic acids is 1. The molecule has 0 aromatic carbocycles. The van der Waals surface area contributed by atoms with Crippen LogP contribution in [0, 0.1) is 0 Å². The van der Waals surface area contributed by atoms with E-state index in [0.29, 0.717) is 0 Å². The van der Waals surface area contributed by atoms with E-state index in [2.05, 4.69) is 5.32 Å². The third-order valence-corrected chi connectivity index (χ3v) is 2.46. The Balaban J connectivity index is 2.40. The standard InChI is InChI=1S/C7H8N2O4/c10-4-3-9-5(11)1-2-7(9,8-4)6(12)13/h1-3H2,(H,8,10)(H,12,13)/t7-/m1/s1. The van der Waals surface area contributed by atoms with E-state index in [4.69, 9.17) is 5.11 Å². The van der Waals surface area contributed by atoms with Crippen LogP contribution in [0.25, 0.3) is 0 Å². The lowest BCUT2D eigenvalue weighted by atomic mass is 10.1. The van der Waals surface area contributed by atoms with Gasteiger partial charge in [0.2, 0.25) is 17.5 Å². The van der Waals surface area contributed by atoms with Gasteiger partial charge < -0.3 is 15.3 Å². The molecule has 2 aliphatic rings. The van der Waals surface area contributed by atoms with Gasteiger partial charge in [-0.15, -0.1) is 0 Å². The molecule has 0 bridgehead atoms. The fourth-order valence-corrected chi connectivity index (χ4v) is 1.81. The van der Waals surface area contributed by atoms with Crippen molar-refractivity contribution < 1.29 is 19.5 Å². The van der Waals surface area contributed by atoms with E-state index >= 15 is 0 Å². The second-order valence-corrected chi connectivity index (χ2v) is 3.19. The topological polar surface area (TPSA) is 86.7 Å². The Bertz CT molecular complexity index is 314. The first-order chi connectivity index (χ1) is 6.06. The van der Waals surface area contributed by atoms with Crippen molar-refractivity contribution in [1.29, 1.82) is 0 Å². The number of fused-ring (bicyclic) bond motifs is 1. The molecule has 2 fully saturated rings. The molecule has 2 N–H and O–H groups in total. The fourth-order valence-electron chi connectivity index (χ4n) is 1.81. The monoisotopic (exact) mass is 184 g/mol. The van der Waals surface area contributed by atoms with Crippen molar-refractivity contribution in [2.24, 2.45) is 0 Å². The quantitative estimate of drug-likeness (QED) is 0.520. The number of carboxylic acid groups (broad SMARTS) is 1. The molecule has 2 amide bonds. The van der Waals surface area contributed by atoms with E-state index in [1.807, 2.05) is 0 Å². The van der Waals surface area contributed by atoms with Crippen molar-refractivity contribution in [1.82, 2.24) is 10.2 Å². The molecule has 0 saturated carbocycles. The first-order valence-corrected chi connectivity index (χ1v) is 3.91. The predicted octanol–water partition coefficient (Wildman–Crippen LogP) is -1.48. The molecule has 2 rings (SSSR count). The van der Waals surface area contributed by atoms with Crippen LogP contribution in [-0.4, -0.2) is 40.0 Å². The number of rotatable bonds is 1. The van der Waals surface area contributed by atoms with Crippen molar-refractivity contribution in [2.75, 3.05) is 6.54 Å². The Hall–Kier alpha value is -1.59. The smallest absolute Gasteiger partial charge is 0.350 e. The zero-order valence-corrected chi connectivity index (χ0v) is 6.74. The van der Waals surface area contributed by atoms with Gasteiger partial charge in [-0.25, -0.2) is 4.79 Å². The molecule has 70 valence electrons. The molecule has 1 atom stereocenters. The predicted molar refractivity (Wildman–Crippen MR) is 39.5 cm³/mol. The molecule has 0 spiro atoms. The van der Waals surface area contributed by atoms with Gasteiger partial charge in [-0.1, -0.05) is 0 Å². The third-order valence-electron chi connectivity index (χ3n) is 2.46. The molecule has 2 aliphatic heterocycles. The zero-order chi connectivity index (χ0) is 9.64. The number of hydrogen-bond acceptors (Lipinski definition) is 3. The number of amides is 2. The van der Waals surface area contributed by atoms with Gasteiger partial charge >= 0.3 is 5.97 Å². The largest absolute Gasteiger partial charge is 0.478 e. The molecule has 0 aromatic heterocycles. The van der Waals surface area contributed by atoms with Crippen LogP contribution in [0.1, 0.15) is 12.8 Å². The minimum atomic E-state index is -1.45. The van der Waals surface area contributed by atoms with Crippen molar-refractivity contribution in [3.63, 3.8) is 0 Å². The molecule has 0 aliphatic carbocycles. The SMILES string of the molecule is O=C1CN2C(=O)CC[C@@]2(C(=O)O)N1. The van der Waals surface area contributed by atoms with E-state index in [1.54, 1.807) is 0 Å². The molecule has 0 aromatic rings. The minimum Gasteiger partial charge on any atom is -0.478 e. The minimum absolute atomic E-state index is 0.134. The summed E-state index contributed by atoms with van der Waals surface area (Å²) in [5, 5.41) is 11.2. The Labute approximate surface area is 73.5 Å². The van der Waals surface area contributed by atoms with Gasteiger partial charge in [-0.2, -0.15) is 0 Å². The maximum Gasteiger partial charge on any atom is 0.350 e. The lowest BCUT2D eigenvalue weighted by Crippen LogP contribution is -2.55. The fraction of sp³-hybridized carbons (Fsp3) is 0.571. The van der Waals surface area contributed by atoms with Crippen molar-refractivity contribution in [2.45, 2.75) is 18.5 Å². The van der Waals surface area contributed by atoms with Crippen LogP contribution in [0.4, 0.5) is 0 Å². The van der Waals surface area contributed by atoms with E-state index < -0.39 is 17.5 Å². The van der Waals surface area contributed by atoms with Crippen LogP contribution < -0.4 is 5.32 Å². The summed E-state index contributed by atoms with van der Waals surface area (Å²) in [5.41, 5.74) is -1.45. The molecule has 2 heterocycles. The number of carbonyl (C=O) groups is 3. The van der Waals surface area contributed by atoms with E-state index in [9.17, 15) is 14.4 Å². The number of nitrogens with zero attached hydrogens (tertiary/aromatic N) is 1. The summed E-state index contributed by atoms with van der Waals surface area (Å²) in [4.78, 5) is 34.1. The van der Waals surface area contributed by atoms with E-state index in [0.717, 1.165) is 4.90 Å². The maximum atomic E-state index is 11.2. The molecule has 6 heteroatoms. The Kier molecular flexibility index (Phi) is 1.37. The molecule has 6 nitrogen and oxygen atoms in total. The highest BCUT2D eigenvalue weighted by Gasteiger charge is 2.57.